The topological polar surface area (TPSA) is 35.5 Å². The van der Waals surface area contributed by atoms with Gasteiger partial charge in [-0.2, -0.15) is 0 Å². The first kappa shape index (κ1) is 23.3. The second-order valence-electron chi connectivity index (χ2n) is 7.24. The van der Waals surface area contributed by atoms with Crippen LogP contribution in [0.4, 0.5) is 0 Å². The summed E-state index contributed by atoms with van der Waals surface area (Å²) in [5.74, 6) is 12.2. The predicted molar refractivity (Wildman–Crippen MR) is 111 cm³/mol. The molecule has 0 N–H and O–H groups in total. The number of cyclic esters (lactones) is 1. The number of hydrogen-bond donors (Lipinski definition) is 0. The van der Waals surface area contributed by atoms with E-state index in [1.54, 1.807) is 7.11 Å². The van der Waals surface area contributed by atoms with Gasteiger partial charge in [0.2, 0.25) is 0 Å². The third-order valence-corrected chi connectivity index (χ3v) is 4.82. The Bertz CT molecular complexity index is 529. The monoisotopic (exact) mass is 372 g/mol. The van der Waals surface area contributed by atoms with Crippen LogP contribution in [0.25, 0.3) is 0 Å². The largest absolute Gasteiger partial charge is 0.460 e. The maximum atomic E-state index is 11.7. The second-order valence-corrected chi connectivity index (χ2v) is 7.24. The van der Waals surface area contributed by atoms with Crippen molar-refractivity contribution in [3.05, 3.63) is 12.7 Å². The van der Waals surface area contributed by atoms with Gasteiger partial charge in [0.15, 0.2) is 0 Å². The Morgan fingerprint density at radius 1 is 1.04 bits per heavy atom. The van der Waals surface area contributed by atoms with Gasteiger partial charge < -0.3 is 9.47 Å². The number of methoxy groups -OCH3 is 1. The second kappa shape index (κ2) is 16.5. The van der Waals surface area contributed by atoms with E-state index in [0.29, 0.717) is 6.61 Å². The van der Waals surface area contributed by atoms with E-state index in [4.69, 9.17) is 9.47 Å². The average Bonchev–Trinajstić information content (AvgIpc) is 3.01. The highest BCUT2D eigenvalue weighted by molar-refractivity contribution is 5.74. The molecule has 1 heterocycles. The van der Waals surface area contributed by atoms with Crippen LogP contribution in [-0.4, -0.2) is 25.8 Å². The molecule has 0 aromatic heterocycles. The summed E-state index contributed by atoms with van der Waals surface area (Å²) in [5, 5.41) is 0. The van der Waals surface area contributed by atoms with E-state index in [1.165, 1.54) is 32.1 Å². The summed E-state index contributed by atoms with van der Waals surface area (Å²) in [5.41, 5.74) is 0. The summed E-state index contributed by atoms with van der Waals surface area (Å²) >= 11 is 0. The van der Waals surface area contributed by atoms with Crippen molar-refractivity contribution in [2.24, 2.45) is 5.92 Å². The molecule has 0 bridgehead atoms. The molecule has 3 heteroatoms. The van der Waals surface area contributed by atoms with Crippen molar-refractivity contribution >= 4 is 5.97 Å². The molecular formula is C24H36O3. The molecule has 1 fully saturated rings. The van der Waals surface area contributed by atoms with E-state index >= 15 is 0 Å². The number of ether oxygens (including phenoxy) is 2. The molecule has 3 nitrogen and oxygen atoms in total. The van der Waals surface area contributed by atoms with Crippen LogP contribution in [0.1, 0.15) is 83.5 Å². The van der Waals surface area contributed by atoms with Gasteiger partial charge in [-0.05, 0) is 50.4 Å². The molecule has 0 spiro atoms. The number of unbranched alkanes of at least 4 members (excludes halogenated alkanes) is 9. The number of hydrogen-bond acceptors (Lipinski definition) is 3. The summed E-state index contributed by atoms with van der Waals surface area (Å²) in [6.45, 7) is 4.23. The summed E-state index contributed by atoms with van der Waals surface area (Å²) in [4.78, 5) is 11.7. The molecule has 0 aliphatic carbocycles. The zero-order valence-corrected chi connectivity index (χ0v) is 17.1. The van der Waals surface area contributed by atoms with Crippen molar-refractivity contribution in [3.8, 4) is 23.7 Å². The lowest BCUT2D eigenvalue weighted by atomic mass is 9.97. The van der Waals surface area contributed by atoms with Gasteiger partial charge >= 0.3 is 5.97 Å². The van der Waals surface area contributed by atoms with Crippen molar-refractivity contribution in [1.82, 2.24) is 0 Å². The number of esters is 1. The molecule has 150 valence electrons. The first-order valence-corrected chi connectivity index (χ1v) is 10.5. The van der Waals surface area contributed by atoms with Crippen LogP contribution in [0.5, 0.6) is 0 Å². The van der Waals surface area contributed by atoms with Gasteiger partial charge in [-0.15, -0.1) is 6.58 Å². The van der Waals surface area contributed by atoms with E-state index < -0.39 is 0 Å². The Kier molecular flexibility index (Phi) is 14.2. The smallest absolute Gasteiger partial charge is 0.309 e. The lowest BCUT2D eigenvalue weighted by molar-refractivity contribution is -0.145. The minimum Gasteiger partial charge on any atom is -0.460 e. The van der Waals surface area contributed by atoms with Crippen molar-refractivity contribution in [2.75, 3.05) is 13.7 Å². The highest BCUT2D eigenvalue weighted by Gasteiger charge is 2.33. The average molecular weight is 373 g/mol. The highest BCUT2D eigenvalue weighted by Crippen LogP contribution is 2.26. The van der Waals surface area contributed by atoms with Crippen LogP contribution < -0.4 is 0 Å². The third-order valence-electron chi connectivity index (χ3n) is 4.82. The van der Waals surface area contributed by atoms with Gasteiger partial charge in [-0.3, -0.25) is 4.79 Å². The molecule has 2 atom stereocenters. The summed E-state index contributed by atoms with van der Waals surface area (Å²) in [7, 11) is 1.65. The van der Waals surface area contributed by atoms with Gasteiger partial charge in [-0.25, -0.2) is 0 Å². The minimum atomic E-state index is -0.0320. The van der Waals surface area contributed by atoms with Crippen LogP contribution in [0.2, 0.25) is 0 Å². The van der Waals surface area contributed by atoms with Crippen molar-refractivity contribution < 1.29 is 14.3 Å². The Morgan fingerprint density at radius 2 is 1.67 bits per heavy atom. The predicted octanol–water partition coefficient (Wildman–Crippen LogP) is 5.44. The molecule has 0 radical (unpaired) electrons. The molecule has 1 rings (SSSR count). The van der Waals surface area contributed by atoms with E-state index in [-0.39, 0.29) is 18.0 Å². The first-order chi connectivity index (χ1) is 13.3. The summed E-state index contributed by atoms with van der Waals surface area (Å²) in [6.07, 6.45) is 16.1. The Labute approximate surface area is 166 Å². The van der Waals surface area contributed by atoms with Gasteiger partial charge in [0, 0.05) is 20.0 Å². The Morgan fingerprint density at radius 3 is 2.33 bits per heavy atom. The maximum Gasteiger partial charge on any atom is 0.309 e. The molecule has 27 heavy (non-hydrogen) atoms. The van der Waals surface area contributed by atoms with E-state index in [2.05, 4.69) is 30.3 Å². The molecule has 2 unspecified atom stereocenters. The molecule has 1 aliphatic rings. The van der Waals surface area contributed by atoms with Crippen molar-refractivity contribution in [2.45, 2.75) is 89.6 Å². The Balaban J connectivity index is 1.90. The zero-order chi connectivity index (χ0) is 19.6. The molecular weight excluding hydrogens is 336 g/mol. The molecule has 0 saturated carbocycles. The number of allylic oxidation sites excluding steroid dienone is 1. The van der Waals surface area contributed by atoms with Gasteiger partial charge in [0.1, 0.15) is 6.10 Å². The summed E-state index contributed by atoms with van der Waals surface area (Å²) in [6, 6.07) is 0. The SMILES string of the molecule is C=CCCCCC#CC#CCCCCCCCCC1CC(COC)OC1=O. The van der Waals surface area contributed by atoms with Crippen LogP contribution in [0.3, 0.4) is 0 Å². The number of rotatable bonds is 14. The standard InChI is InChI=1S/C24H36O3/c1-3-4-5-6-7-8-9-10-11-12-13-14-15-16-17-18-19-22-20-23(21-26-2)27-24(22)25/h3,22-23H,1,4-7,12-21H2,2H3. The van der Waals surface area contributed by atoms with E-state index in [0.717, 1.165) is 51.4 Å². The number of carbonyl (C=O) groups excluding carboxylic acids is 1. The maximum absolute atomic E-state index is 11.7. The van der Waals surface area contributed by atoms with Gasteiger partial charge in [-0.1, -0.05) is 50.0 Å². The quantitative estimate of drug-likeness (QED) is 0.176. The van der Waals surface area contributed by atoms with E-state index in [9.17, 15) is 4.79 Å². The Hall–Kier alpha value is -1.71. The fourth-order valence-corrected chi connectivity index (χ4v) is 3.27. The summed E-state index contributed by atoms with van der Waals surface area (Å²) < 4.78 is 10.4. The molecule has 1 aliphatic heterocycles. The fourth-order valence-electron chi connectivity index (χ4n) is 3.27. The van der Waals surface area contributed by atoms with Gasteiger partial charge in [0.25, 0.3) is 0 Å². The minimum absolute atomic E-state index is 0.0319. The first-order valence-electron chi connectivity index (χ1n) is 10.5. The normalized spacial score (nSPS) is 18.2. The van der Waals surface area contributed by atoms with Crippen LogP contribution in [0.15, 0.2) is 12.7 Å². The lowest BCUT2D eigenvalue weighted by Crippen LogP contribution is -2.13. The van der Waals surface area contributed by atoms with Crippen LogP contribution in [-0.2, 0) is 14.3 Å². The molecule has 0 aromatic carbocycles. The molecule has 1 saturated heterocycles. The number of carbonyl (C=O) groups is 1. The van der Waals surface area contributed by atoms with Gasteiger partial charge in [0.05, 0.1) is 12.5 Å². The third kappa shape index (κ3) is 12.3. The van der Waals surface area contributed by atoms with Crippen molar-refractivity contribution in [1.29, 1.82) is 0 Å². The molecule has 0 aromatic rings. The molecule has 0 amide bonds. The fraction of sp³-hybridized carbons (Fsp3) is 0.708. The highest BCUT2D eigenvalue weighted by atomic mass is 16.6. The van der Waals surface area contributed by atoms with Crippen LogP contribution in [0, 0.1) is 29.6 Å². The van der Waals surface area contributed by atoms with Crippen molar-refractivity contribution in [3.63, 3.8) is 0 Å². The zero-order valence-electron chi connectivity index (χ0n) is 17.1. The lowest BCUT2D eigenvalue weighted by Gasteiger charge is -2.06. The van der Waals surface area contributed by atoms with E-state index in [1.807, 2.05) is 6.08 Å². The van der Waals surface area contributed by atoms with Crippen LogP contribution >= 0.6 is 0 Å².